The van der Waals surface area contributed by atoms with Gasteiger partial charge in [0.15, 0.2) is 5.60 Å². The summed E-state index contributed by atoms with van der Waals surface area (Å²) in [5.74, 6) is 0.908. The Morgan fingerprint density at radius 3 is 2.29 bits per heavy atom. The number of ether oxygens (including phenoxy) is 1. The maximum Gasteiger partial charge on any atom is 0.347 e. The van der Waals surface area contributed by atoms with Crippen LogP contribution >= 0.6 is 0 Å². The fraction of sp³-hybridized carbons (Fsp3) is 0.433. The van der Waals surface area contributed by atoms with Crippen LogP contribution in [0.2, 0.25) is 0 Å². The number of hydrogen-bond donors (Lipinski definition) is 1. The van der Waals surface area contributed by atoms with Gasteiger partial charge in [-0.15, -0.1) is 0 Å². The maximum atomic E-state index is 13.1. The van der Waals surface area contributed by atoms with Gasteiger partial charge in [-0.1, -0.05) is 30.3 Å². The quantitative estimate of drug-likeness (QED) is 0.375. The lowest BCUT2D eigenvalue weighted by Crippen LogP contribution is -2.39. The summed E-state index contributed by atoms with van der Waals surface area (Å²) in [6, 6.07) is 14.1. The van der Waals surface area contributed by atoms with Crippen molar-refractivity contribution >= 4 is 11.9 Å². The summed E-state index contributed by atoms with van der Waals surface area (Å²) in [7, 11) is 1.87. The second kappa shape index (κ2) is 11.0. The van der Waals surface area contributed by atoms with Crippen LogP contribution in [0.1, 0.15) is 54.8 Å². The number of nitrogens with zero attached hydrogens (tertiary/aromatic N) is 3. The van der Waals surface area contributed by atoms with E-state index in [0.29, 0.717) is 30.8 Å². The van der Waals surface area contributed by atoms with Gasteiger partial charge in [0.25, 0.3) is 0 Å². The van der Waals surface area contributed by atoms with Crippen LogP contribution in [-0.2, 0) is 22.7 Å². The molecule has 1 amide bonds. The fourth-order valence-corrected chi connectivity index (χ4v) is 4.48. The maximum absolute atomic E-state index is 13.1. The van der Waals surface area contributed by atoms with Crippen molar-refractivity contribution in [1.82, 2.24) is 14.8 Å². The Bertz CT molecular complexity index is 1290. The first-order valence-electron chi connectivity index (χ1n) is 13.0. The number of likely N-dealkylation sites (N-methyl/N-ethyl adjacent to an activating group) is 1. The first-order valence-corrected chi connectivity index (χ1v) is 13.0. The van der Waals surface area contributed by atoms with Gasteiger partial charge in [0.05, 0.1) is 12.2 Å². The van der Waals surface area contributed by atoms with E-state index in [1.54, 1.807) is 0 Å². The summed E-state index contributed by atoms with van der Waals surface area (Å²) >= 11 is 0. The van der Waals surface area contributed by atoms with Crippen molar-refractivity contribution in [2.24, 2.45) is 0 Å². The summed E-state index contributed by atoms with van der Waals surface area (Å²) in [6.07, 6.45) is 2.11. The summed E-state index contributed by atoms with van der Waals surface area (Å²) in [5, 5.41) is 9.49. The number of rotatable bonds is 11. The van der Waals surface area contributed by atoms with Gasteiger partial charge in [-0.05, 0) is 76.3 Å². The molecule has 0 bridgehead atoms. The minimum Gasteiger partial charge on any atom is -0.478 e. The zero-order valence-electron chi connectivity index (χ0n) is 23.1. The number of amides is 1. The summed E-state index contributed by atoms with van der Waals surface area (Å²) in [4.78, 5) is 33.4. The van der Waals surface area contributed by atoms with Crippen molar-refractivity contribution in [3.8, 4) is 17.2 Å². The number of hydrogen-bond acceptors (Lipinski definition) is 6. The lowest BCUT2D eigenvalue weighted by molar-refractivity contribution is -0.152. The molecule has 1 saturated carbocycles. The van der Waals surface area contributed by atoms with Gasteiger partial charge in [-0.2, -0.15) is 0 Å². The molecule has 0 aliphatic heterocycles. The molecule has 4 rings (SSSR count). The molecule has 1 aliphatic rings. The largest absolute Gasteiger partial charge is 0.478 e. The van der Waals surface area contributed by atoms with E-state index in [2.05, 4.69) is 4.90 Å². The average molecular weight is 520 g/mol. The van der Waals surface area contributed by atoms with E-state index < -0.39 is 11.6 Å². The predicted molar refractivity (Wildman–Crippen MR) is 145 cm³/mol. The third-order valence-electron chi connectivity index (χ3n) is 6.93. The molecule has 3 aromatic rings. The molecule has 1 N–H and O–H groups in total. The molecule has 0 atom stereocenters. The standard InChI is InChI=1S/C30H37N3O5/c1-19-14-22(15-20(2)27(19)38-30(4,5)29(35)36)16-33(18-26(34)32(6)24-12-13-24)17-25-21(3)37-28(31-25)23-10-8-7-9-11-23/h7-11,14-15,24H,12-13,16-18H2,1-6H3,(H,35,36). The molecule has 202 valence electrons. The lowest BCUT2D eigenvalue weighted by Gasteiger charge is -2.27. The van der Waals surface area contributed by atoms with Gasteiger partial charge in [0.2, 0.25) is 11.8 Å². The number of carbonyl (C=O) groups excluding carboxylic acids is 1. The molecular formula is C30H37N3O5. The van der Waals surface area contributed by atoms with Crippen LogP contribution in [0.3, 0.4) is 0 Å². The van der Waals surface area contributed by atoms with Crippen LogP contribution in [0.5, 0.6) is 5.75 Å². The third kappa shape index (κ3) is 6.42. The summed E-state index contributed by atoms with van der Waals surface area (Å²) in [6.45, 7) is 10.0. The van der Waals surface area contributed by atoms with Crippen molar-refractivity contribution in [3.05, 3.63) is 70.6 Å². The second-order valence-corrected chi connectivity index (χ2v) is 10.7. The number of aromatic nitrogens is 1. The van der Waals surface area contributed by atoms with Gasteiger partial charge >= 0.3 is 5.97 Å². The number of carboxylic acids is 1. The molecule has 1 aliphatic carbocycles. The summed E-state index contributed by atoms with van der Waals surface area (Å²) < 4.78 is 11.8. The van der Waals surface area contributed by atoms with Gasteiger partial charge in [0, 0.05) is 31.7 Å². The zero-order valence-corrected chi connectivity index (χ0v) is 23.1. The molecule has 8 nitrogen and oxygen atoms in total. The number of carbonyl (C=O) groups is 2. The average Bonchev–Trinajstić information content (AvgIpc) is 3.64. The Labute approximate surface area is 224 Å². The van der Waals surface area contributed by atoms with Gasteiger partial charge in [-0.3, -0.25) is 9.69 Å². The van der Waals surface area contributed by atoms with Crippen molar-refractivity contribution in [1.29, 1.82) is 0 Å². The Kier molecular flexibility index (Phi) is 7.92. The molecule has 0 saturated heterocycles. The number of benzene rings is 2. The van der Waals surface area contributed by atoms with Crippen molar-refractivity contribution in [3.63, 3.8) is 0 Å². The Morgan fingerprint density at radius 1 is 1.08 bits per heavy atom. The van der Waals surface area contributed by atoms with E-state index in [-0.39, 0.29) is 12.5 Å². The molecule has 0 radical (unpaired) electrons. The van der Waals surface area contributed by atoms with Crippen LogP contribution < -0.4 is 4.74 Å². The van der Waals surface area contributed by atoms with E-state index in [1.807, 2.05) is 75.2 Å². The normalized spacial score (nSPS) is 13.6. The smallest absolute Gasteiger partial charge is 0.347 e. The Morgan fingerprint density at radius 2 is 1.71 bits per heavy atom. The van der Waals surface area contributed by atoms with Crippen molar-refractivity contribution in [2.75, 3.05) is 13.6 Å². The molecule has 2 aromatic carbocycles. The van der Waals surface area contributed by atoms with Gasteiger partial charge in [0.1, 0.15) is 11.5 Å². The van der Waals surface area contributed by atoms with E-state index >= 15 is 0 Å². The molecule has 38 heavy (non-hydrogen) atoms. The SMILES string of the molecule is Cc1cc(CN(CC(=O)N(C)C2CC2)Cc2nc(-c3ccccc3)oc2C)cc(C)c1OC(C)(C)C(=O)O. The molecule has 0 unspecified atom stereocenters. The second-order valence-electron chi connectivity index (χ2n) is 10.7. The molecule has 1 heterocycles. The first-order chi connectivity index (χ1) is 17.9. The number of aryl methyl sites for hydroxylation is 3. The minimum atomic E-state index is -1.34. The topological polar surface area (TPSA) is 96.1 Å². The van der Waals surface area contributed by atoms with E-state index in [1.165, 1.54) is 13.8 Å². The summed E-state index contributed by atoms with van der Waals surface area (Å²) in [5.41, 5.74) is 3.06. The molecule has 0 spiro atoms. The van der Waals surface area contributed by atoms with E-state index in [9.17, 15) is 14.7 Å². The minimum absolute atomic E-state index is 0.0773. The van der Waals surface area contributed by atoms with Crippen molar-refractivity contribution < 1.29 is 23.8 Å². The third-order valence-corrected chi connectivity index (χ3v) is 6.93. The van der Waals surface area contributed by atoms with Crippen LogP contribution in [0, 0.1) is 20.8 Å². The zero-order chi connectivity index (χ0) is 27.6. The highest BCUT2D eigenvalue weighted by atomic mass is 16.5. The van der Waals surface area contributed by atoms with Crippen LogP contribution in [0.15, 0.2) is 46.9 Å². The Hall–Kier alpha value is -3.65. The fourth-order valence-electron chi connectivity index (χ4n) is 4.48. The number of oxazole rings is 1. The van der Waals surface area contributed by atoms with Crippen LogP contribution in [0.25, 0.3) is 11.5 Å². The van der Waals surface area contributed by atoms with E-state index in [0.717, 1.165) is 46.5 Å². The highest BCUT2D eigenvalue weighted by Gasteiger charge is 2.32. The highest BCUT2D eigenvalue weighted by molar-refractivity contribution is 5.78. The number of aliphatic carboxylic acids is 1. The molecule has 1 aromatic heterocycles. The highest BCUT2D eigenvalue weighted by Crippen LogP contribution is 2.30. The number of carboxylic acid groups (broad SMARTS) is 1. The lowest BCUT2D eigenvalue weighted by atomic mass is 10.0. The molecular weight excluding hydrogens is 482 g/mol. The van der Waals surface area contributed by atoms with Crippen LogP contribution in [0.4, 0.5) is 0 Å². The van der Waals surface area contributed by atoms with Gasteiger partial charge < -0.3 is 19.2 Å². The van der Waals surface area contributed by atoms with Crippen LogP contribution in [-0.4, -0.2) is 57.0 Å². The van der Waals surface area contributed by atoms with Crippen molar-refractivity contribution in [2.45, 2.75) is 72.2 Å². The first kappa shape index (κ1) is 27.4. The molecule has 1 fully saturated rings. The molecule has 8 heteroatoms. The Balaban J connectivity index is 1.58. The predicted octanol–water partition coefficient (Wildman–Crippen LogP) is 5.13. The van der Waals surface area contributed by atoms with Gasteiger partial charge in [-0.25, -0.2) is 9.78 Å². The van der Waals surface area contributed by atoms with E-state index in [4.69, 9.17) is 14.1 Å². The monoisotopic (exact) mass is 519 g/mol.